The van der Waals surface area contributed by atoms with Gasteiger partial charge in [-0.15, -0.1) is 23.1 Å². The Morgan fingerprint density at radius 1 is 1.50 bits per heavy atom. The third kappa shape index (κ3) is 3.40. The van der Waals surface area contributed by atoms with Crippen molar-refractivity contribution in [2.75, 3.05) is 18.8 Å². The molecule has 1 aliphatic rings. The van der Waals surface area contributed by atoms with Crippen LogP contribution in [0.5, 0.6) is 0 Å². The number of hydrogen-bond donors (Lipinski definition) is 1. The topological polar surface area (TPSA) is 57.6 Å². The van der Waals surface area contributed by atoms with Gasteiger partial charge in [-0.3, -0.25) is 9.59 Å². The minimum atomic E-state index is -0.820. The van der Waals surface area contributed by atoms with Crippen LogP contribution in [0.1, 0.15) is 4.88 Å². The van der Waals surface area contributed by atoms with Gasteiger partial charge in [0, 0.05) is 23.7 Å². The number of carbonyl (C=O) groups is 2. The maximum atomic E-state index is 11.7. The Morgan fingerprint density at radius 3 is 2.78 bits per heavy atom. The van der Waals surface area contributed by atoms with Crippen LogP contribution in [0.15, 0.2) is 12.1 Å². The van der Waals surface area contributed by atoms with E-state index in [0.717, 1.165) is 15.0 Å². The molecule has 0 aliphatic carbocycles. The van der Waals surface area contributed by atoms with E-state index in [1.165, 1.54) is 23.1 Å². The summed E-state index contributed by atoms with van der Waals surface area (Å²) in [7, 11) is 0. The van der Waals surface area contributed by atoms with Crippen LogP contribution >= 0.6 is 34.7 Å². The predicted octanol–water partition coefficient (Wildman–Crippen LogP) is 2.18. The molecule has 1 saturated heterocycles. The van der Waals surface area contributed by atoms with E-state index in [1.807, 2.05) is 12.1 Å². The molecule has 0 saturated carbocycles. The second-order valence-electron chi connectivity index (χ2n) is 4.03. The van der Waals surface area contributed by atoms with Gasteiger partial charge < -0.3 is 10.0 Å². The van der Waals surface area contributed by atoms with Crippen LogP contribution < -0.4 is 0 Å². The minimum Gasteiger partial charge on any atom is -0.481 e. The molecule has 1 aromatic heterocycles. The lowest BCUT2D eigenvalue weighted by atomic mass is 10.0. The van der Waals surface area contributed by atoms with Crippen LogP contribution in [0.3, 0.4) is 0 Å². The van der Waals surface area contributed by atoms with Crippen LogP contribution in [0.2, 0.25) is 4.34 Å². The van der Waals surface area contributed by atoms with Crippen molar-refractivity contribution in [3.8, 4) is 0 Å². The highest BCUT2D eigenvalue weighted by atomic mass is 35.5. The number of likely N-dealkylation sites (tertiary alicyclic amines) is 1. The Balaban J connectivity index is 1.66. The second kappa shape index (κ2) is 5.95. The highest BCUT2D eigenvalue weighted by Gasteiger charge is 2.35. The van der Waals surface area contributed by atoms with Crippen LogP contribution in [0.25, 0.3) is 0 Å². The number of carbonyl (C=O) groups excluding carboxylic acids is 1. The van der Waals surface area contributed by atoms with E-state index in [2.05, 4.69) is 0 Å². The molecule has 0 spiro atoms. The molecule has 7 heteroatoms. The Bertz CT molecular complexity index is 457. The normalized spacial score (nSPS) is 15.5. The van der Waals surface area contributed by atoms with Crippen molar-refractivity contribution in [2.24, 2.45) is 5.92 Å². The highest BCUT2D eigenvalue weighted by Crippen LogP contribution is 2.25. The maximum absolute atomic E-state index is 11.7. The predicted molar refractivity (Wildman–Crippen MR) is 73.2 cm³/mol. The second-order valence-corrected chi connectivity index (χ2v) is 6.82. The number of thioether (sulfide) groups is 1. The molecular formula is C11H12ClNO3S2. The summed E-state index contributed by atoms with van der Waals surface area (Å²) in [6.07, 6.45) is 0. The molecule has 18 heavy (non-hydrogen) atoms. The standard InChI is InChI=1S/C11H12ClNO3S2/c12-9-2-1-8(18-9)5-17-6-10(14)13-3-7(4-13)11(15)16/h1-2,7H,3-6H2,(H,15,16). The van der Waals surface area contributed by atoms with Gasteiger partial charge in [-0.25, -0.2) is 0 Å². The molecular weight excluding hydrogens is 294 g/mol. The molecule has 2 rings (SSSR count). The summed E-state index contributed by atoms with van der Waals surface area (Å²) in [5, 5.41) is 8.71. The summed E-state index contributed by atoms with van der Waals surface area (Å²) in [6, 6.07) is 3.80. The fourth-order valence-electron chi connectivity index (χ4n) is 1.60. The zero-order valence-corrected chi connectivity index (χ0v) is 11.9. The first-order valence-electron chi connectivity index (χ1n) is 5.39. The highest BCUT2D eigenvalue weighted by molar-refractivity contribution is 7.99. The maximum Gasteiger partial charge on any atom is 0.310 e. The first-order valence-corrected chi connectivity index (χ1v) is 7.73. The lowest BCUT2D eigenvalue weighted by Gasteiger charge is -2.36. The number of thiophene rings is 1. The number of carboxylic acids is 1. The summed E-state index contributed by atoms with van der Waals surface area (Å²) in [6.45, 7) is 0.694. The molecule has 1 amide bonds. The zero-order valence-electron chi connectivity index (χ0n) is 9.47. The van der Waals surface area contributed by atoms with Crippen LogP contribution in [0, 0.1) is 5.92 Å². The smallest absolute Gasteiger partial charge is 0.310 e. The number of nitrogens with zero attached hydrogens (tertiary/aromatic N) is 1. The van der Waals surface area contributed by atoms with Crippen molar-refractivity contribution in [1.82, 2.24) is 4.90 Å². The summed E-state index contributed by atoms with van der Waals surface area (Å²) in [5.41, 5.74) is 0. The lowest BCUT2D eigenvalue weighted by molar-refractivity contribution is -0.151. The van der Waals surface area contributed by atoms with Gasteiger partial charge in [0.25, 0.3) is 0 Å². The lowest BCUT2D eigenvalue weighted by Crippen LogP contribution is -2.53. The number of aliphatic carboxylic acids is 1. The molecule has 0 atom stereocenters. The number of hydrogen-bond acceptors (Lipinski definition) is 4. The number of amides is 1. The number of rotatable bonds is 5. The molecule has 1 aliphatic heterocycles. The van der Waals surface area contributed by atoms with Gasteiger partial charge in [0.15, 0.2) is 0 Å². The molecule has 0 aromatic carbocycles. The molecule has 0 unspecified atom stereocenters. The molecule has 2 heterocycles. The molecule has 0 radical (unpaired) electrons. The van der Waals surface area contributed by atoms with Crippen molar-refractivity contribution in [1.29, 1.82) is 0 Å². The summed E-state index contributed by atoms with van der Waals surface area (Å²) in [4.78, 5) is 25.0. The Kier molecular flexibility index (Phi) is 4.53. The number of carboxylic acid groups (broad SMARTS) is 1. The van der Waals surface area contributed by atoms with Crippen LogP contribution in [0.4, 0.5) is 0 Å². The fourth-order valence-corrected chi connectivity index (χ4v) is 3.72. The Morgan fingerprint density at radius 2 is 2.22 bits per heavy atom. The van der Waals surface area contributed by atoms with Gasteiger partial charge in [-0.05, 0) is 12.1 Å². The van der Waals surface area contributed by atoms with Crippen molar-refractivity contribution < 1.29 is 14.7 Å². The van der Waals surface area contributed by atoms with E-state index in [4.69, 9.17) is 16.7 Å². The largest absolute Gasteiger partial charge is 0.481 e. The van der Waals surface area contributed by atoms with Crippen molar-refractivity contribution in [2.45, 2.75) is 5.75 Å². The van der Waals surface area contributed by atoms with Gasteiger partial charge in [0.2, 0.25) is 5.91 Å². The average molecular weight is 306 g/mol. The van der Waals surface area contributed by atoms with E-state index in [0.29, 0.717) is 18.8 Å². The molecule has 1 N–H and O–H groups in total. The van der Waals surface area contributed by atoms with Crippen LogP contribution in [-0.2, 0) is 15.3 Å². The summed E-state index contributed by atoms with van der Waals surface area (Å²) < 4.78 is 0.754. The molecule has 1 aromatic rings. The van der Waals surface area contributed by atoms with Gasteiger partial charge in [-0.2, -0.15) is 0 Å². The van der Waals surface area contributed by atoms with E-state index in [-0.39, 0.29) is 11.8 Å². The van der Waals surface area contributed by atoms with Gasteiger partial charge in [0.1, 0.15) is 0 Å². The van der Waals surface area contributed by atoms with Crippen molar-refractivity contribution in [3.63, 3.8) is 0 Å². The van der Waals surface area contributed by atoms with Gasteiger partial charge in [-0.1, -0.05) is 11.6 Å². The summed E-state index contributed by atoms with van der Waals surface area (Å²) >= 11 is 8.85. The molecule has 4 nitrogen and oxygen atoms in total. The Labute approximate surface area is 118 Å². The average Bonchev–Trinajstić information content (AvgIpc) is 2.61. The monoisotopic (exact) mass is 305 g/mol. The Hall–Kier alpha value is -0.720. The number of halogens is 1. The van der Waals surface area contributed by atoms with Gasteiger partial charge >= 0.3 is 5.97 Å². The zero-order chi connectivity index (χ0) is 13.1. The first kappa shape index (κ1) is 13.7. The first-order chi connectivity index (χ1) is 8.56. The summed E-state index contributed by atoms with van der Waals surface area (Å²) in [5.74, 6) is -0.0311. The third-order valence-electron chi connectivity index (χ3n) is 2.68. The SMILES string of the molecule is O=C(O)C1CN(C(=O)CSCc2ccc(Cl)s2)C1. The quantitative estimate of drug-likeness (QED) is 0.906. The van der Waals surface area contributed by atoms with E-state index < -0.39 is 5.97 Å². The minimum absolute atomic E-state index is 0.0140. The van der Waals surface area contributed by atoms with E-state index >= 15 is 0 Å². The van der Waals surface area contributed by atoms with Crippen molar-refractivity contribution in [3.05, 3.63) is 21.3 Å². The molecule has 0 bridgehead atoms. The molecule has 98 valence electrons. The molecule has 1 fully saturated rings. The third-order valence-corrected chi connectivity index (χ3v) is 5.06. The van der Waals surface area contributed by atoms with Crippen molar-refractivity contribution >= 4 is 46.6 Å². The van der Waals surface area contributed by atoms with E-state index in [1.54, 1.807) is 4.90 Å². The van der Waals surface area contributed by atoms with E-state index in [9.17, 15) is 9.59 Å². The van der Waals surface area contributed by atoms with Gasteiger partial charge in [0.05, 0.1) is 16.0 Å². The fraction of sp³-hybridized carbons (Fsp3) is 0.455. The van der Waals surface area contributed by atoms with Crippen LogP contribution in [-0.4, -0.2) is 40.7 Å².